The third kappa shape index (κ3) is 5.67. The first-order chi connectivity index (χ1) is 12.8. The largest absolute Gasteiger partial charge is 0.480 e. The van der Waals surface area contributed by atoms with Crippen molar-refractivity contribution >= 4 is 21.7 Å². The second-order valence-electron chi connectivity index (χ2n) is 5.41. The summed E-state index contributed by atoms with van der Waals surface area (Å²) in [7, 11) is -3.73. The topological polar surface area (TPSA) is 116 Å². The molecule has 0 fully saturated rings. The summed E-state index contributed by atoms with van der Waals surface area (Å²) in [5, 5.41) is 0. The van der Waals surface area contributed by atoms with E-state index in [0.29, 0.717) is 11.3 Å². The number of ketones is 1. The van der Waals surface area contributed by atoms with Crippen LogP contribution in [0.2, 0.25) is 0 Å². The van der Waals surface area contributed by atoms with Crippen molar-refractivity contribution in [2.45, 2.75) is 11.8 Å². The number of hydrogen-bond donors (Lipinski definition) is 2. The molecule has 140 valence electrons. The van der Waals surface area contributed by atoms with Crippen LogP contribution in [0.3, 0.4) is 0 Å². The van der Waals surface area contributed by atoms with Crippen molar-refractivity contribution in [3.63, 3.8) is 0 Å². The van der Waals surface area contributed by atoms with Gasteiger partial charge in [0.25, 0.3) is 5.91 Å². The number of para-hydroxylation sites is 1. The number of primary amides is 1. The maximum atomic E-state index is 12.1. The van der Waals surface area contributed by atoms with Gasteiger partial charge in [0.05, 0.1) is 17.0 Å². The van der Waals surface area contributed by atoms with Gasteiger partial charge in [-0.1, -0.05) is 36.1 Å². The average Bonchev–Trinajstić information content (AvgIpc) is 2.64. The highest BCUT2D eigenvalue weighted by molar-refractivity contribution is 7.89. The van der Waals surface area contributed by atoms with Crippen molar-refractivity contribution in [1.29, 1.82) is 0 Å². The summed E-state index contributed by atoms with van der Waals surface area (Å²) >= 11 is 0. The molecular formula is C19H18N2O5S. The molecule has 2 aromatic rings. The first-order valence-electron chi connectivity index (χ1n) is 7.89. The summed E-state index contributed by atoms with van der Waals surface area (Å²) in [5.74, 6) is 4.83. The standard InChI is InChI=1S/C19H18N2O5S/c1-14(22)15-8-10-16(11-9-15)27(24,25)21-12-4-5-13-26-18-7-3-2-6-17(18)19(20)23/h2-3,6-11,21H,12-13H2,1H3,(H2,20,23). The summed E-state index contributed by atoms with van der Waals surface area (Å²) < 4.78 is 32.0. The van der Waals surface area contributed by atoms with Gasteiger partial charge in [0.15, 0.2) is 5.78 Å². The normalized spacial score (nSPS) is 10.6. The Morgan fingerprint density at radius 3 is 2.37 bits per heavy atom. The first-order valence-corrected chi connectivity index (χ1v) is 9.37. The molecule has 8 heteroatoms. The fourth-order valence-electron chi connectivity index (χ4n) is 2.11. The SMILES string of the molecule is CC(=O)c1ccc(S(=O)(=O)NCC#CCOc2ccccc2C(N)=O)cc1. The predicted molar refractivity (Wildman–Crippen MR) is 99.9 cm³/mol. The molecule has 0 radical (unpaired) electrons. The van der Waals surface area contributed by atoms with Crippen molar-refractivity contribution < 1.29 is 22.7 Å². The molecule has 27 heavy (non-hydrogen) atoms. The zero-order chi connectivity index (χ0) is 19.9. The smallest absolute Gasteiger partial charge is 0.252 e. The maximum Gasteiger partial charge on any atom is 0.252 e. The highest BCUT2D eigenvalue weighted by atomic mass is 32.2. The maximum absolute atomic E-state index is 12.1. The highest BCUT2D eigenvalue weighted by Gasteiger charge is 2.13. The number of carbonyl (C=O) groups excluding carboxylic acids is 2. The van der Waals surface area contributed by atoms with Gasteiger partial charge >= 0.3 is 0 Å². The van der Waals surface area contributed by atoms with Gasteiger partial charge in [-0.15, -0.1) is 0 Å². The van der Waals surface area contributed by atoms with E-state index in [4.69, 9.17) is 10.5 Å². The van der Waals surface area contributed by atoms with Gasteiger partial charge in [-0.25, -0.2) is 8.42 Å². The molecule has 0 saturated carbocycles. The Morgan fingerprint density at radius 1 is 1.07 bits per heavy atom. The van der Waals surface area contributed by atoms with E-state index in [0.717, 1.165) is 0 Å². The molecule has 0 aromatic heterocycles. The molecule has 2 aromatic carbocycles. The van der Waals surface area contributed by atoms with Gasteiger partial charge in [-0.05, 0) is 31.2 Å². The first kappa shape index (κ1) is 20.2. The van der Waals surface area contributed by atoms with Gasteiger partial charge in [0.2, 0.25) is 10.0 Å². The number of benzene rings is 2. The molecule has 0 unspecified atom stereocenters. The quantitative estimate of drug-likeness (QED) is 0.550. The minimum Gasteiger partial charge on any atom is -0.480 e. The lowest BCUT2D eigenvalue weighted by atomic mass is 10.2. The van der Waals surface area contributed by atoms with E-state index in [2.05, 4.69) is 16.6 Å². The second kappa shape index (κ2) is 8.98. The van der Waals surface area contributed by atoms with Crippen LogP contribution in [0.5, 0.6) is 5.75 Å². The van der Waals surface area contributed by atoms with E-state index < -0.39 is 15.9 Å². The lowest BCUT2D eigenvalue weighted by Crippen LogP contribution is -2.24. The molecule has 3 N–H and O–H groups in total. The monoisotopic (exact) mass is 386 g/mol. The summed E-state index contributed by atoms with van der Waals surface area (Å²) in [4.78, 5) is 22.5. The Kier molecular flexibility index (Phi) is 6.71. The minimum atomic E-state index is -3.73. The fraction of sp³-hybridized carbons (Fsp3) is 0.158. The number of nitrogens with two attached hydrogens (primary N) is 1. The highest BCUT2D eigenvalue weighted by Crippen LogP contribution is 2.16. The molecule has 0 saturated heterocycles. The molecule has 0 spiro atoms. The van der Waals surface area contributed by atoms with E-state index in [1.165, 1.54) is 37.3 Å². The van der Waals surface area contributed by atoms with Crippen molar-refractivity contribution in [3.8, 4) is 17.6 Å². The van der Waals surface area contributed by atoms with Gasteiger partial charge in [0.1, 0.15) is 12.4 Å². The van der Waals surface area contributed by atoms with Crippen molar-refractivity contribution in [2.75, 3.05) is 13.2 Å². The minimum absolute atomic E-state index is 0.0284. The van der Waals surface area contributed by atoms with Crippen LogP contribution in [0.1, 0.15) is 27.6 Å². The molecule has 7 nitrogen and oxygen atoms in total. The van der Waals surface area contributed by atoms with Crippen LogP contribution in [0.4, 0.5) is 0 Å². The van der Waals surface area contributed by atoms with Crippen molar-refractivity contribution in [2.24, 2.45) is 5.73 Å². The van der Waals surface area contributed by atoms with Crippen molar-refractivity contribution in [1.82, 2.24) is 4.72 Å². The van der Waals surface area contributed by atoms with E-state index in [1.54, 1.807) is 18.2 Å². The Labute approximate surface area is 157 Å². The van der Waals surface area contributed by atoms with E-state index in [-0.39, 0.29) is 29.4 Å². The van der Waals surface area contributed by atoms with Crippen LogP contribution in [0, 0.1) is 11.8 Å². The number of rotatable bonds is 7. The van der Waals surface area contributed by atoms with Crippen LogP contribution in [0.25, 0.3) is 0 Å². The Balaban J connectivity index is 1.89. The second-order valence-corrected chi connectivity index (χ2v) is 7.17. The Hall–Kier alpha value is -3.15. The lowest BCUT2D eigenvalue weighted by molar-refractivity contribution is 0.0993. The third-order valence-electron chi connectivity index (χ3n) is 3.50. The van der Waals surface area contributed by atoms with Gasteiger partial charge in [-0.3, -0.25) is 9.59 Å². The molecular weight excluding hydrogens is 368 g/mol. The zero-order valence-corrected chi connectivity index (χ0v) is 15.4. The number of hydrogen-bond acceptors (Lipinski definition) is 5. The number of nitrogens with one attached hydrogen (secondary N) is 1. The van der Waals surface area contributed by atoms with Crippen LogP contribution in [-0.2, 0) is 10.0 Å². The third-order valence-corrected chi connectivity index (χ3v) is 4.92. The van der Waals surface area contributed by atoms with Crippen LogP contribution in [-0.4, -0.2) is 33.3 Å². The summed E-state index contributed by atoms with van der Waals surface area (Å²) in [6, 6.07) is 12.1. The van der Waals surface area contributed by atoms with Crippen LogP contribution >= 0.6 is 0 Å². The van der Waals surface area contributed by atoms with Gasteiger partial charge in [0, 0.05) is 5.56 Å². The fourth-order valence-corrected chi connectivity index (χ4v) is 3.03. The van der Waals surface area contributed by atoms with Crippen LogP contribution < -0.4 is 15.2 Å². The Morgan fingerprint density at radius 2 is 1.74 bits per heavy atom. The molecule has 0 aliphatic rings. The summed E-state index contributed by atoms with van der Waals surface area (Å²) in [6.07, 6.45) is 0. The van der Waals surface area contributed by atoms with Gasteiger partial charge in [-0.2, -0.15) is 4.72 Å². The predicted octanol–water partition coefficient (Wildman–Crippen LogP) is 1.35. The zero-order valence-electron chi connectivity index (χ0n) is 14.6. The average molecular weight is 386 g/mol. The number of Topliss-reactive ketones (excluding diaryl/α,β-unsaturated/α-hetero) is 1. The number of ether oxygens (including phenoxy) is 1. The summed E-state index contributed by atoms with van der Waals surface area (Å²) in [5.41, 5.74) is 5.92. The number of amides is 1. The molecule has 0 aliphatic heterocycles. The molecule has 2 rings (SSSR count). The molecule has 0 atom stereocenters. The molecule has 0 bridgehead atoms. The van der Waals surface area contributed by atoms with Gasteiger partial charge < -0.3 is 10.5 Å². The lowest BCUT2D eigenvalue weighted by Gasteiger charge is -2.06. The van der Waals surface area contributed by atoms with Crippen molar-refractivity contribution in [3.05, 3.63) is 59.7 Å². The summed E-state index contributed by atoms with van der Waals surface area (Å²) in [6.45, 7) is 1.26. The number of sulfonamides is 1. The molecule has 0 heterocycles. The van der Waals surface area contributed by atoms with E-state index in [1.807, 2.05) is 0 Å². The number of carbonyl (C=O) groups is 2. The van der Waals surface area contributed by atoms with E-state index in [9.17, 15) is 18.0 Å². The Bertz CT molecular complexity index is 1000. The molecule has 1 amide bonds. The molecule has 0 aliphatic carbocycles. The van der Waals surface area contributed by atoms with Crippen LogP contribution in [0.15, 0.2) is 53.4 Å². The van der Waals surface area contributed by atoms with E-state index >= 15 is 0 Å².